The highest BCUT2D eigenvalue weighted by Gasteiger charge is 2.34. The van der Waals surface area contributed by atoms with Crippen molar-refractivity contribution in [1.29, 1.82) is 0 Å². The first-order valence-electron chi connectivity index (χ1n) is 6.35. The number of hydrogen-bond acceptors (Lipinski definition) is 2. The molecule has 0 aliphatic heterocycles. The maximum absolute atomic E-state index is 10.4. The van der Waals surface area contributed by atoms with Crippen molar-refractivity contribution in [3.05, 3.63) is 0 Å². The molecule has 0 aromatic carbocycles. The van der Waals surface area contributed by atoms with Crippen molar-refractivity contribution in [1.82, 2.24) is 0 Å². The number of rotatable bonds is 4. The number of aliphatic hydroxyl groups excluding tert-OH is 1. The van der Waals surface area contributed by atoms with Crippen LogP contribution in [-0.4, -0.2) is 21.9 Å². The van der Waals surface area contributed by atoms with Gasteiger partial charge in [0.1, 0.15) is 0 Å². The zero-order valence-electron chi connectivity index (χ0n) is 10.4. The van der Waals surface area contributed by atoms with E-state index in [0.29, 0.717) is 5.92 Å². The van der Waals surface area contributed by atoms with Crippen LogP contribution in [0.25, 0.3) is 0 Å². The molecule has 1 aliphatic carbocycles. The van der Waals surface area contributed by atoms with E-state index in [9.17, 15) is 10.2 Å². The zero-order chi connectivity index (χ0) is 11.5. The summed E-state index contributed by atoms with van der Waals surface area (Å²) in [4.78, 5) is 0. The number of aliphatic hydroxyl groups is 2. The maximum Gasteiger partial charge on any atom is 0.0651 e. The van der Waals surface area contributed by atoms with Crippen molar-refractivity contribution in [2.75, 3.05) is 0 Å². The van der Waals surface area contributed by atoms with E-state index in [1.807, 2.05) is 6.92 Å². The number of hydrogen-bond donors (Lipinski definition) is 2. The Bertz CT molecular complexity index is 173. The Morgan fingerprint density at radius 3 is 2.00 bits per heavy atom. The maximum atomic E-state index is 10.4. The molecular formula is C13H26O2. The van der Waals surface area contributed by atoms with Crippen LogP contribution in [0.15, 0.2) is 0 Å². The Morgan fingerprint density at radius 2 is 1.60 bits per heavy atom. The molecular weight excluding hydrogens is 188 g/mol. The SMILES string of the molecule is CC(C)C(CC1(O)CCCCC1)C(C)O. The molecule has 0 spiro atoms. The summed E-state index contributed by atoms with van der Waals surface area (Å²) in [5.41, 5.74) is -0.496. The van der Waals surface area contributed by atoms with Crippen molar-refractivity contribution in [2.24, 2.45) is 11.8 Å². The molecule has 0 saturated heterocycles. The predicted octanol–water partition coefficient (Wildman–Crippen LogP) is 2.72. The Balaban J connectivity index is 2.55. The van der Waals surface area contributed by atoms with Gasteiger partial charge in [0, 0.05) is 0 Å². The fourth-order valence-electron chi connectivity index (χ4n) is 2.82. The quantitative estimate of drug-likeness (QED) is 0.755. The Labute approximate surface area is 93.7 Å². The molecule has 0 aromatic heterocycles. The molecule has 2 atom stereocenters. The highest BCUT2D eigenvalue weighted by atomic mass is 16.3. The largest absolute Gasteiger partial charge is 0.393 e. The molecule has 1 saturated carbocycles. The monoisotopic (exact) mass is 214 g/mol. The molecule has 0 heterocycles. The van der Waals surface area contributed by atoms with Gasteiger partial charge in [-0.25, -0.2) is 0 Å². The van der Waals surface area contributed by atoms with Gasteiger partial charge in [-0.15, -0.1) is 0 Å². The second-order valence-electron chi connectivity index (χ2n) is 5.64. The van der Waals surface area contributed by atoms with Gasteiger partial charge in [-0.2, -0.15) is 0 Å². The molecule has 2 heteroatoms. The molecule has 2 nitrogen and oxygen atoms in total. The van der Waals surface area contributed by atoms with Gasteiger partial charge in [-0.05, 0) is 38.0 Å². The van der Waals surface area contributed by atoms with E-state index < -0.39 is 5.60 Å². The minimum Gasteiger partial charge on any atom is -0.393 e. The fourth-order valence-corrected chi connectivity index (χ4v) is 2.82. The highest BCUT2D eigenvalue weighted by Crippen LogP contribution is 2.36. The summed E-state index contributed by atoms with van der Waals surface area (Å²) < 4.78 is 0. The third-order valence-electron chi connectivity index (χ3n) is 3.88. The van der Waals surface area contributed by atoms with Crippen LogP contribution < -0.4 is 0 Å². The lowest BCUT2D eigenvalue weighted by molar-refractivity contribution is -0.0445. The molecule has 0 bridgehead atoms. The first-order valence-corrected chi connectivity index (χ1v) is 6.35. The van der Waals surface area contributed by atoms with Crippen LogP contribution >= 0.6 is 0 Å². The molecule has 2 N–H and O–H groups in total. The predicted molar refractivity (Wildman–Crippen MR) is 62.7 cm³/mol. The van der Waals surface area contributed by atoms with E-state index in [0.717, 1.165) is 32.1 Å². The van der Waals surface area contributed by atoms with Gasteiger partial charge in [0.15, 0.2) is 0 Å². The van der Waals surface area contributed by atoms with Crippen molar-refractivity contribution in [3.8, 4) is 0 Å². The molecule has 1 aliphatic rings. The summed E-state index contributed by atoms with van der Waals surface area (Å²) in [5.74, 6) is 0.670. The lowest BCUT2D eigenvalue weighted by Gasteiger charge is -2.37. The highest BCUT2D eigenvalue weighted by molar-refractivity contribution is 4.86. The van der Waals surface area contributed by atoms with Crippen molar-refractivity contribution in [2.45, 2.75) is 71.0 Å². The van der Waals surface area contributed by atoms with Crippen LogP contribution in [0.2, 0.25) is 0 Å². The van der Waals surface area contributed by atoms with Crippen LogP contribution in [0, 0.1) is 11.8 Å². The summed E-state index contributed by atoms with van der Waals surface area (Å²) in [6, 6.07) is 0. The molecule has 90 valence electrons. The first kappa shape index (κ1) is 13.0. The third-order valence-corrected chi connectivity index (χ3v) is 3.88. The van der Waals surface area contributed by atoms with E-state index in [2.05, 4.69) is 13.8 Å². The van der Waals surface area contributed by atoms with E-state index in [-0.39, 0.29) is 12.0 Å². The molecule has 0 amide bonds. The molecule has 0 aromatic rings. The Hall–Kier alpha value is -0.0800. The van der Waals surface area contributed by atoms with Crippen LogP contribution in [0.4, 0.5) is 0 Å². The van der Waals surface area contributed by atoms with Gasteiger partial charge in [0.05, 0.1) is 11.7 Å². The lowest BCUT2D eigenvalue weighted by atomic mass is 9.74. The molecule has 1 rings (SSSR count). The average molecular weight is 214 g/mol. The van der Waals surface area contributed by atoms with E-state index >= 15 is 0 Å². The van der Waals surface area contributed by atoms with Gasteiger partial charge >= 0.3 is 0 Å². The summed E-state index contributed by atoms with van der Waals surface area (Å²) in [6.07, 6.45) is 5.83. The lowest BCUT2D eigenvalue weighted by Crippen LogP contribution is -2.38. The molecule has 0 radical (unpaired) electrons. The Morgan fingerprint density at radius 1 is 1.07 bits per heavy atom. The van der Waals surface area contributed by atoms with Crippen LogP contribution in [0.1, 0.15) is 59.3 Å². The fraction of sp³-hybridized carbons (Fsp3) is 1.00. The third kappa shape index (κ3) is 3.76. The summed E-state index contributed by atoms with van der Waals surface area (Å²) in [5, 5.41) is 20.1. The summed E-state index contributed by atoms with van der Waals surface area (Å²) in [6.45, 7) is 6.10. The van der Waals surface area contributed by atoms with Gasteiger partial charge in [0.2, 0.25) is 0 Å². The first-order chi connectivity index (χ1) is 6.94. The zero-order valence-corrected chi connectivity index (χ0v) is 10.4. The van der Waals surface area contributed by atoms with E-state index in [1.54, 1.807) is 0 Å². The van der Waals surface area contributed by atoms with E-state index in [1.165, 1.54) is 6.42 Å². The Kier molecular flexibility index (Phi) is 4.60. The summed E-state index contributed by atoms with van der Waals surface area (Å²) in [7, 11) is 0. The van der Waals surface area contributed by atoms with Crippen LogP contribution in [0.5, 0.6) is 0 Å². The minimum absolute atomic E-state index is 0.230. The molecule has 2 unspecified atom stereocenters. The van der Waals surface area contributed by atoms with Crippen LogP contribution in [0.3, 0.4) is 0 Å². The van der Waals surface area contributed by atoms with Gasteiger partial charge < -0.3 is 10.2 Å². The van der Waals surface area contributed by atoms with Gasteiger partial charge in [-0.1, -0.05) is 33.1 Å². The van der Waals surface area contributed by atoms with Crippen molar-refractivity contribution >= 4 is 0 Å². The smallest absolute Gasteiger partial charge is 0.0651 e. The standard InChI is InChI=1S/C13H26O2/c1-10(2)12(11(3)14)9-13(15)7-5-4-6-8-13/h10-12,14-15H,4-9H2,1-3H3. The van der Waals surface area contributed by atoms with Gasteiger partial charge in [0.25, 0.3) is 0 Å². The normalized spacial score (nSPS) is 25.2. The van der Waals surface area contributed by atoms with Crippen LogP contribution in [-0.2, 0) is 0 Å². The minimum atomic E-state index is -0.496. The topological polar surface area (TPSA) is 40.5 Å². The van der Waals surface area contributed by atoms with E-state index in [4.69, 9.17) is 0 Å². The molecule has 15 heavy (non-hydrogen) atoms. The molecule has 1 fully saturated rings. The second kappa shape index (κ2) is 5.31. The van der Waals surface area contributed by atoms with Crippen molar-refractivity contribution < 1.29 is 10.2 Å². The van der Waals surface area contributed by atoms with Gasteiger partial charge in [-0.3, -0.25) is 0 Å². The summed E-state index contributed by atoms with van der Waals surface area (Å²) >= 11 is 0. The van der Waals surface area contributed by atoms with Crippen molar-refractivity contribution in [3.63, 3.8) is 0 Å². The average Bonchev–Trinajstić information content (AvgIpc) is 2.14. The second-order valence-corrected chi connectivity index (χ2v) is 5.64.